The van der Waals surface area contributed by atoms with Crippen molar-refractivity contribution < 1.29 is 4.74 Å². The normalized spacial score (nSPS) is 9.85. The number of rotatable bonds is 8. The van der Waals surface area contributed by atoms with Gasteiger partial charge in [-0.3, -0.25) is 0 Å². The zero-order valence-corrected chi connectivity index (χ0v) is 14.7. The third-order valence-electron chi connectivity index (χ3n) is 3.06. The maximum absolute atomic E-state index is 5.99. The van der Waals surface area contributed by atoms with Gasteiger partial charge in [-0.15, -0.1) is 24.8 Å². The van der Waals surface area contributed by atoms with E-state index in [4.69, 9.17) is 16.3 Å². The average Bonchev–Trinajstić information content (AvgIpc) is 2.39. The Balaban J connectivity index is 0. The third-order valence-corrected chi connectivity index (χ3v) is 3.29. The van der Waals surface area contributed by atoms with E-state index in [1.165, 1.54) is 0 Å². The van der Waals surface area contributed by atoms with Gasteiger partial charge in [0.1, 0.15) is 5.75 Å². The van der Waals surface area contributed by atoms with Crippen LogP contribution in [-0.4, -0.2) is 38.2 Å². The van der Waals surface area contributed by atoms with Crippen LogP contribution in [0.25, 0.3) is 0 Å². The second kappa shape index (κ2) is 12.5. The molecule has 0 spiro atoms. The minimum atomic E-state index is 0. The zero-order valence-electron chi connectivity index (χ0n) is 12.3. The number of halogens is 3. The lowest BCUT2D eigenvalue weighted by Crippen LogP contribution is -2.31. The van der Waals surface area contributed by atoms with E-state index < -0.39 is 0 Å². The van der Waals surface area contributed by atoms with Crippen LogP contribution >= 0.6 is 36.4 Å². The van der Waals surface area contributed by atoms with E-state index in [0.29, 0.717) is 0 Å². The van der Waals surface area contributed by atoms with E-state index >= 15 is 0 Å². The molecule has 0 aliphatic carbocycles. The summed E-state index contributed by atoms with van der Waals surface area (Å²) in [6.07, 6.45) is 0. The maximum atomic E-state index is 5.99. The van der Waals surface area contributed by atoms with Crippen molar-refractivity contribution in [3.05, 3.63) is 28.8 Å². The summed E-state index contributed by atoms with van der Waals surface area (Å²) in [4.78, 5) is 2.39. The van der Waals surface area contributed by atoms with Crippen LogP contribution in [0.4, 0.5) is 0 Å². The van der Waals surface area contributed by atoms with Gasteiger partial charge in [0.15, 0.2) is 0 Å². The summed E-state index contributed by atoms with van der Waals surface area (Å²) in [7, 11) is 1.68. The molecule has 3 nitrogen and oxygen atoms in total. The largest absolute Gasteiger partial charge is 0.496 e. The number of hydrogen-bond acceptors (Lipinski definition) is 3. The number of benzene rings is 1. The highest BCUT2D eigenvalue weighted by atomic mass is 35.5. The van der Waals surface area contributed by atoms with E-state index in [9.17, 15) is 0 Å². The van der Waals surface area contributed by atoms with Crippen molar-refractivity contribution in [1.82, 2.24) is 10.2 Å². The Hall–Kier alpha value is -0.190. The molecule has 0 fully saturated rings. The lowest BCUT2D eigenvalue weighted by molar-refractivity contribution is 0.302. The molecule has 1 N–H and O–H groups in total. The number of nitrogens with one attached hydrogen (secondary N) is 1. The highest BCUT2D eigenvalue weighted by Crippen LogP contribution is 2.22. The number of likely N-dealkylation sites (N-methyl/N-ethyl adjacent to an activating group) is 1. The number of hydrogen-bond donors (Lipinski definition) is 1. The van der Waals surface area contributed by atoms with E-state index in [0.717, 1.165) is 49.1 Å². The van der Waals surface area contributed by atoms with Crippen LogP contribution in [0.5, 0.6) is 5.75 Å². The van der Waals surface area contributed by atoms with Crippen LogP contribution in [-0.2, 0) is 6.54 Å². The van der Waals surface area contributed by atoms with Crippen molar-refractivity contribution in [1.29, 1.82) is 0 Å². The Morgan fingerprint density at radius 2 is 1.85 bits per heavy atom. The molecule has 0 saturated carbocycles. The minimum absolute atomic E-state index is 0. The third kappa shape index (κ3) is 7.55. The minimum Gasteiger partial charge on any atom is -0.496 e. The number of nitrogens with zero attached hydrogens (tertiary/aromatic N) is 1. The summed E-state index contributed by atoms with van der Waals surface area (Å²) in [5, 5.41) is 4.17. The first-order chi connectivity index (χ1) is 8.71. The van der Waals surface area contributed by atoms with Gasteiger partial charge in [-0.2, -0.15) is 0 Å². The monoisotopic (exact) mass is 342 g/mol. The predicted octanol–water partition coefficient (Wildman–Crippen LogP) is 3.62. The fourth-order valence-corrected chi connectivity index (χ4v) is 2.08. The van der Waals surface area contributed by atoms with Gasteiger partial charge in [-0.1, -0.05) is 25.4 Å². The van der Waals surface area contributed by atoms with Crippen molar-refractivity contribution in [2.75, 3.05) is 33.3 Å². The van der Waals surface area contributed by atoms with Gasteiger partial charge in [0, 0.05) is 30.2 Å². The fourth-order valence-electron chi connectivity index (χ4n) is 1.89. The molecule has 1 rings (SSSR count). The van der Waals surface area contributed by atoms with Crippen molar-refractivity contribution in [3.63, 3.8) is 0 Å². The molecule has 6 heteroatoms. The standard InChI is InChI=1S/C14H23ClN2O.2ClH/c1-4-17(5-2)9-8-16-11-12-10-13(15)6-7-14(12)18-3;;/h6-7,10,16H,4-5,8-9,11H2,1-3H3;2*1H. The smallest absolute Gasteiger partial charge is 0.123 e. The molecule has 0 saturated heterocycles. The molecule has 1 aromatic carbocycles. The van der Waals surface area contributed by atoms with Crippen molar-refractivity contribution in [2.24, 2.45) is 0 Å². The van der Waals surface area contributed by atoms with Gasteiger partial charge in [-0.25, -0.2) is 0 Å². The van der Waals surface area contributed by atoms with Crippen LogP contribution in [0.3, 0.4) is 0 Å². The quantitative estimate of drug-likeness (QED) is 0.730. The second-order valence-electron chi connectivity index (χ2n) is 4.16. The topological polar surface area (TPSA) is 24.5 Å². The van der Waals surface area contributed by atoms with Gasteiger partial charge < -0.3 is 15.0 Å². The van der Waals surface area contributed by atoms with E-state index in [1.54, 1.807) is 7.11 Å². The highest BCUT2D eigenvalue weighted by Gasteiger charge is 2.04. The van der Waals surface area contributed by atoms with Gasteiger partial charge in [0.2, 0.25) is 0 Å². The van der Waals surface area contributed by atoms with E-state index in [1.807, 2.05) is 18.2 Å². The van der Waals surface area contributed by atoms with Gasteiger partial charge in [0.05, 0.1) is 7.11 Å². The van der Waals surface area contributed by atoms with Gasteiger partial charge in [0.25, 0.3) is 0 Å². The molecule has 0 unspecified atom stereocenters. The van der Waals surface area contributed by atoms with Crippen molar-refractivity contribution >= 4 is 36.4 Å². The lowest BCUT2D eigenvalue weighted by atomic mass is 10.2. The van der Waals surface area contributed by atoms with Crippen molar-refractivity contribution in [3.8, 4) is 5.75 Å². The first-order valence-electron chi connectivity index (χ1n) is 6.46. The predicted molar refractivity (Wildman–Crippen MR) is 92.0 cm³/mol. The van der Waals surface area contributed by atoms with Crippen LogP contribution in [0.2, 0.25) is 5.02 Å². The molecule has 118 valence electrons. The first kappa shape index (κ1) is 22.1. The molecule has 0 atom stereocenters. The maximum Gasteiger partial charge on any atom is 0.123 e. The molecule has 0 aromatic heterocycles. The van der Waals surface area contributed by atoms with E-state index in [2.05, 4.69) is 24.1 Å². The molecular weight excluding hydrogens is 319 g/mol. The molecule has 0 aliphatic rings. The Morgan fingerprint density at radius 3 is 2.40 bits per heavy atom. The highest BCUT2D eigenvalue weighted by molar-refractivity contribution is 6.30. The molecule has 0 aliphatic heterocycles. The summed E-state index contributed by atoms with van der Waals surface area (Å²) in [5.74, 6) is 0.884. The fraction of sp³-hybridized carbons (Fsp3) is 0.571. The molecule has 20 heavy (non-hydrogen) atoms. The summed E-state index contributed by atoms with van der Waals surface area (Å²) >= 11 is 5.99. The van der Waals surface area contributed by atoms with Crippen LogP contribution < -0.4 is 10.1 Å². The summed E-state index contributed by atoms with van der Waals surface area (Å²) in [6.45, 7) is 9.38. The Kier molecular flexibility index (Phi) is 13.9. The zero-order chi connectivity index (χ0) is 13.4. The lowest BCUT2D eigenvalue weighted by Gasteiger charge is -2.18. The Morgan fingerprint density at radius 1 is 1.20 bits per heavy atom. The summed E-state index contributed by atoms with van der Waals surface area (Å²) in [6, 6.07) is 5.70. The molecule has 1 aromatic rings. The van der Waals surface area contributed by atoms with Gasteiger partial charge >= 0.3 is 0 Å². The van der Waals surface area contributed by atoms with Crippen molar-refractivity contribution in [2.45, 2.75) is 20.4 Å². The first-order valence-corrected chi connectivity index (χ1v) is 6.84. The molecular formula is C14H25Cl3N2O. The summed E-state index contributed by atoms with van der Waals surface area (Å²) in [5.41, 5.74) is 1.10. The van der Waals surface area contributed by atoms with E-state index in [-0.39, 0.29) is 24.8 Å². The average molecular weight is 344 g/mol. The molecule has 0 heterocycles. The van der Waals surface area contributed by atoms with Crippen LogP contribution in [0.15, 0.2) is 18.2 Å². The molecule has 0 amide bonds. The van der Waals surface area contributed by atoms with Gasteiger partial charge in [-0.05, 0) is 31.3 Å². The second-order valence-corrected chi connectivity index (χ2v) is 4.60. The molecule has 0 radical (unpaired) electrons. The number of ether oxygens (including phenoxy) is 1. The Labute approximate surface area is 139 Å². The van der Waals surface area contributed by atoms with Crippen LogP contribution in [0, 0.1) is 0 Å². The Bertz CT molecular complexity index is 360. The van der Waals surface area contributed by atoms with Crippen LogP contribution in [0.1, 0.15) is 19.4 Å². The SMILES string of the molecule is CCN(CC)CCNCc1cc(Cl)ccc1OC.Cl.Cl. The summed E-state index contributed by atoms with van der Waals surface area (Å²) < 4.78 is 5.31. The number of methoxy groups -OCH3 is 1. The molecule has 0 bridgehead atoms.